The van der Waals surface area contributed by atoms with Crippen LogP contribution in [-0.2, 0) is 14.2 Å². The fourth-order valence-corrected chi connectivity index (χ4v) is 0.690. The summed E-state index contributed by atoms with van der Waals surface area (Å²) in [7, 11) is 0. The largest absolute Gasteiger partial charge is 0.447 e. The van der Waals surface area contributed by atoms with Crippen LogP contribution in [0.2, 0.25) is 0 Å². The molecule has 0 rings (SSSR count). The molecular formula is C8H17NO5. The lowest BCUT2D eigenvalue weighted by Gasteiger charge is -2.04. The number of ether oxygens (including phenoxy) is 3. The first-order valence-electron chi connectivity index (χ1n) is 4.46. The second-order valence-corrected chi connectivity index (χ2v) is 2.47. The van der Waals surface area contributed by atoms with Gasteiger partial charge >= 0.3 is 6.09 Å². The van der Waals surface area contributed by atoms with Crippen molar-refractivity contribution in [3.05, 3.63) is 0 Å². The van der Waals surface area contributed by atoms with E-state index in [1.165, 1.54) is 0 Å². The number of rotatable bonds is 9. The summed E-state index contributed by atoms with van der Waals surface area (Å²) in [5, 5.41) is 8.42. The summed E-state index contributed by atoms with van der Waals surface area (Å²) in [6, 6.07) is 0. The van der Waals surface area contributed by atoms with Gasteiger partial charge in [0.25, 0.3) is 0 Å². The van der Waals surface area contributed by atoms with Crippen molar-refractivity contribution in [3.63, 3.8) is 0 Å². The SMILES string of the molecule is NC(=O)OCCOCCOCCCO. The predicted octanol–water partition coefficient (Wildman–Crippen LogP) is -0.503. The zero-order valence-electron chi connectivity index (χ0n) is 8.11. The molecule has 0 unspecified atom stereocenters. The Morgan fingerprint density at radius 1 is 1.07 bits per heavy atom. The Morgan fingerprint density at radius 2 is 1.64 bits per heavy atom. The van der Waals surface area contributed by atoms with Gasteiger partial charge in [0.2, 0.25) is 0 Å². The van der Waals surface area contributed by atoms with E-state index in [0.29, 0.717) is 32.8 Å². The molecule has 0 radical (unpaired) electrons. The second-order valence-electron chi connectivity index (χ2n) is 2.47. The summed E-state index contributed by atoms with van der Waals surface area (Å²) in [5.41, 5.74) is 4.72. The molecule has 0 saturated carbocycles. The molecule has 0 fully saturated rings. The minimum atomic E-state index is -0.798. The first-order valence-corrected chi connectivity index (χ1v) is 4.46. The minimum Gasteiger partial charge on any atom is -0.447 e. The summed E-state index contributed by atoms with van der Waals surface area (Å²) in [6.07, 6.45) is -0.169. The average molecular weight is 207 g/mol. The highest BCUT2D eigenvalue weighted by atomic mass is 16.6. The number of primary amides is 1. The van der Waals surface area contributed by atoms with Crippen LogP contribution in [-0.4, -0.2) is 50.8 Å². The smallest absolute Gasteiger partial charge is 0.404 e. The molecule has 0 aliphatic heterocycles. The van der Waals surface area contributed by atoms with E-state index in [1.54, 1.807) is 0 Å². The predicted molar refractivity (Wildman–Crippen MR) is 48.9 cm³/mol. The highest BCUT2D eigenvalue weighted by Crippen LogP contribution is 1.83. The summed E-state index contributed by atoms with van der Waals surface area (Å²) in [6.45, 7) is 2.04. The summed E-state index contributed by atoms with van der Waals surface area (Å²) in [5.74, 6) is 0. The molecule has 0 aromatic rings. The summed E-state index contributed by atoms with van der Waals surface area (Å²) >= 11 is 0. The monoisotopic (exact) mass is 207 g/mol. The molecular weight excluding hydrogens is 190 g/mol. The van der Waals surface area contributed by atoms with Crippen molar-refractivity contribution in [2.75, 3.05) is 39.6 Å². The number of carbonyl (C=O) groups is 1. The minimum absolute atomic E-state index is 0.132. The lowest BCUT2D eigenvalue weighted by Crippen LogP contribution is -2.17. The van der Waals surface area contributed by atoms with Gasteiger partial charge in [-0.25, -0.2) is 4.79 Å². The topological polar surface area (TPSA) is 91.0 Å². The van der Waals surface area contributed by atoms with Crippen molar-refractivity contribution < 1.29 is 24.1 Å². The van der Waals surface area contributed by atoms with Crippen LogP contribution in [0.3, 0.4) is 0 Å². The summed E-state index contributed by atoms with van der Waals surface area (Å²) in [4.78, 5) is 10.1. The zero-order chi connectivity index (χ0) is 10.6. The van der Waals surface area contributed by atoms with E-state index in [2.05, 4.69) is 4.74 Å². The maximum absolute atomic E-state index is 10.1. The van der Waals surface area contributed by atoms with E-state index < -0.39 is 6.09 Å². The quantitative estimate of drug-likeness (QED) is 0.497. The van der Waals surface area contributed by atoms with E-state index in [0.717, 1.165) is 0 Å². The highest BCUT2D eigenvalue weighted by molar-refractivity contribution is 5.64. The van der Waals surface area contributed by atoms with E-state index in [-0.39, 0.29) is 13.2 Å². The molecule has 6 nitrogen and oxygen atoms in total. The number of carbonyl (C=O) groups excluding carboxylic acids is 1. The normalized spacial score (nSPS) is 10.1. The Kier molecular flexibility index (Phi) is 9.61. The molecule has 0 saturated heterocycles. The Morgan fingerprint density at radius 3 is 2.21 bits per heavy atom. The van der Waals surface area contributed by atoms with Crippen LogP contribution in [0.1, 0.15) is 6.42 Å². The van der Waals surface area contributed by atoms with Gasteiger partial charge in [-0.2, -0.15) is 0 Å². The molecule has 0 heterocycles. The van der Waals surface area contributed by atoms with E-state index in [9.17, 15) is 4.79 Å². The summed E-state index contributed by atoms with van der Waals surface area (Å²) < 4.78 is 14.6. The highest BCUT2D eigenvalue weighted by Gasteiger charge is 1.93. The van der Waals surface area contributed by atoms with Crippen molar-refractivity contribution in [1.29, 1.82) is 0 Å². The van der Waals surface area contributed by atoms with E-state index in [1.807, 2.05) is 0 Å². The van der Waals surface area contributed by atoms with Gasteiger partial charge in [0, 0.05) is 13.2 Å². The fourth-order valence-electron chi connectivity index (χ4n) is 0.690. The first kappa shape index (κ1) is 13.2. The Hall–Kier alpha value is -0.850. The molecule has 14 heavy (non-hydrogen) atoms. The third-order valence-electron chi connectivity index (χ3n) is 1.29. The van der Waals surface area contributed by atoms with Crippen LogP contribution in [0, 0.1) is 0 Å². The van der Waals surface area contributed by atoms with Crippen molar-refractivity contribution in [2.45, 2.75) is 6.42 Å². The number of hydrogen-bond donors (Lipinski definition) is 2. The van der Waals surface area contributed by atoms with Gasteiger partial charge in [0.05, 0.1) is 19.8 Å². The van der Waals surface area contributed by atoms with Gasteiger partial charge in [0.1, 0.15) is 6.61 Å². The third kappa shape index (κ3) is 11.2. The van der Waals surface area contributed by atoms with Crippen molar-refractivity contribution in [1.82, 2.24) is 0 Å². The molecule has 0 aliphatic rings. The number of aliphatic hydroxyl groups excluding tert-OH is 1. The van der Waals surface area contributed by atoms with Crippen LogP contribution in [0.15, 0.2) is 0 Å². The van der Waals surface area contributed by atoms with Gasteiger partial charge in [-0.15, -0.1) is 0 Å². The van der Waals surface area contributed by atoms with E-state index in [4.69, 9.17) is 20.3 Å². The Labute approximate surface area is 82.9 Å². The average Bonchev–Trinajstić information content (AvgIpc) is 2.15. The van der Waals surface area contributed by atoms with Crippen LogP contribution < -0.4 is 5.73 Å². The van der Waals surface area contributed by atoms with Crippen molar-refractivity contribution in [3.8, 4) is 0 Å². The van der Waals surface area contributed by atoms with Crippen LogP contribution in [0.5, 0.6) is 0 Å². The molecule has 0 bridgehead atoms. The second kappa shape index (κ2) is 10.2. The molecule has 1 amide bonds. The fraction of sp³-hybridized carbons (Fsp3) is 0.875. The molecule has 6 heteroatoms. The standard InChI is InChI=1S/C8H17NO5/c9-8(11)14-7-6-13-5-4-12-3-1-2-10/h10H,1-7H2,(H2,9,11). The maximum Gasteiger partial charge on any atom is 0.404 e. The lowest BCUT2D eigenvalue weighted by atomic mass is 10.5. The molecule has 0 aromatic heterocycles. The third-order valence-corrected chi connectivity index (χ3v) is 1.29. The number of aliphatic hydroxyl groups is 1. The number of amides is 1. The zero-order valence-corrected chi connectivity index (χ0v) is 8.11. The van der Waals surface area contributed by atoms with Crippen LogP contribution in [0.4, 0.5) is 4.79 Å². The van der Waals surface area contributed by atoms with Gasteiger partial charge in [0.15, 0.2) is 0 Å². The molecule has 0 spiro atoms. The number of hydrogen-bond acceptors (Lipinski definition) is 5. The molecule has 0 aliphatic carbocycles. The van der Waals surface area contributed by atoms with Gasteiger partial charge in [-0.1, -0.05) is 0 Å². The van der Waals surface area contributed by atoms with E-state index >= 15 is 0 Å². The molecule has 0 aromatic carbocycles. The van der Waals surface area contributed by atoms with Gasteiger partial charge in [-0.3, -0.25) is 0 Å². The lowest BCUT2D eigenvalue weighted by molar-refractivity contribution is 0.0261. The molecule has 84 valence electrons. The molecule has 0 atom stereocenters. The Balaban J connectivity index is 2.88. The van der Waals surface area contributed by atoms with Crippen LogP contribution in [0.25, 0.3) is 0 Å². The Bertz CT molecular complexity index is 142. The number of nitrogens with two attached hydrogens (primary N) is 1. The van der Waals surface area contributed by atoms with Gasteiger partial charge in [-0.05, 0) is 6.42 Å². The molecule has 3 N–H and O–H groups in total. The van der Waals surface area contributed by atoms with Crippen LogP contribution >= 0.6 is 0 Å². The maximum atomic E-state index is 10.1. The van der Waals surface area contributed by atoms with Crippen molar-refractivity contribution in [2.24, 2.45) is 5.73 Å². The first-order chi connectivity index (χ1) is 6.77. The van der Waals surface area contributed by atoms with Gasteiger partial charge < -0.3 is 25.1 Å². The van der Waals surface area contributed by atoms with Crippen molar-refractivity contribution >= 4 is 6.09 Å².